The summed E-state index contributed by atoms with van der Waals surface area (Å²) in [6.07, 6.45) is 4.82. The van der Waals surface area contributed by atoms with Gasteiger partial charge < -0.3 is 10.6 Å². The molecule has 4 nitrogen and oxygen atoms in total. The molecule has 2 heterocycles. The molecule has 2 rings (SSSR count). The first kappa shape index (κ1) is 15.8. The normalized spacial score (nSPS) is 18.3. The van der Waals surface area contributed by atoms with Gasteiger partial charge >= 0.3 is 0 Å². The average molecular weight is 284 g/mol. The highest BCUT2D eigenvalue weighted by atomic mass is 35.5. The molecule has 1 aromatic rings. The third kappa shape index (κ3) is 4.10. The number of carbonyl (C=O) groups is 1. The zero-order chi connectivity index (χ0) is 13.2. The quantitative estimate of drug-likeness (QED) is 0.862. The van der Waals surface area contributed by atoms with E-state index in [1.807, 2.05) is 4.90 Å². The minimum atomic E-state index is 0. The molecule has 1 fully saturated rings. The van der Waals surface area contributed by atoms with E-state index >= 15 is 0 Å². The average Bonchev–Trinajstić information content (AvgIpc) is 2.50. The Labute approximate surface area is 120 Å². The van der Waals surface area contributed by atoms with E-state index in [0.29, 0.717) is 16.8 Å². The molecule has 1 aromatic heterocycles. The molecule has 106 valence electrons. The summed E-state index contributed by atoms with van der Waals surface area (Å²) in [5, 5.41) is 0. The fourth-order valence-corrected chi connectivity index (χ4v) is 2.32. The van der Waals surface area contributed by atoms with E-state index in [1.165, 1.54) is 12.6 Å². The minimum Gasteiger partial charge on any atom is -0.397 e. The summed E-state index contributed by atoms with van der Waals surface area (Å²) in [4.78, 5) is 18.3. The van der Waals surface area contributed by atoms with E-state index < -0.39 is 0 Å². The van der Waals surface area contributed by atoms with E-state index in [9.17, 15) is 4.79 Å². The predicted molar refractivity (Wildman–Crippen MR) is 79.4 cm³/mol. The molecule has 0 unspecified atom stereocenters. The van der Waals surface area contributed by atoms with Crippen molar-refractivity contribution in [1.29, 1.82) is 0 Å². The van der Waals surface area contributed by atoms with E-state index in [0.717, 1.165) is 25.9 Å². The van der Waals surface area contributed by atoms with Crippen molar-refractivity contribution in [3.05, 3.63) is 24.0 Å². The molecule has 1 aliphatic rings. The van der Waals surface area contributed by atoms with Crippen molar-refractivity contribution in [2.45, 2.75) is 33.1 Å². The van der Waals surface area contributed by atoms with Crippen molar-refractivity contribution in [1.82, 2.24) is 9.88 Å². The van der Waals surface area contributed by atoms with Crippen LogP contribution in [0.1, 0.15) is 43.6 Å². The number of anilines is 1. The molecule has 19 heavy (non-hydrogen) atoms. The summed E-state index contributed by atoms with van der Waals surface area (Å²) in [5.74, 6) is 0.0210. The number of halogens is 1. The summed E-state index contributed by atoms with van der Waals surface area (Å²) in [7, 11) is 0. The Kier molecular flexibility index (Phi) is 5.18. The van der Waals surface area contributed by atoms with Gasteiger partial charge in [0.25, 0.3) is 5.91 Å². The molecule has 2 N–H and O–H groups in total. The van der Waals surface area contributed by atoms with E-state index in [2.05, 4.69) is 18.8 Å². The first-order chi connectivity index (χ1) is 8.48. The molecular formula is C14H22ClN3O. The molecule has 5 heteroatoms. The molecule has 0 saturated carbocycles. The van der Waals surface area contributed by atoms with Gasteiger partial charge in [-0.2, -0.15) is 0 Å². The lowest BCUT2D eigenvalue weighted by Crippen LogP contribution is -2.32. The number of hydrogen-bond donors (Lipinski definition) is 1. The Morgan fingerprint density at radius 2 is 2.05 bits per heavy atom. The molecule has 1 aliphatic heterocycles. The highest BCUT2D eigenvalue weighted by molar-refractivity contribution is 5.92. The molecule has 0 aliphatic carbocycles. The van der Waals surface area contributed by atoms with Gasteiger partial charge in [-0.25, -0.2) is 4.98 Å². The van der Waals surface area contributed by atoms with Crippen LogP contribution in [-0.4, -0.2) is 28.9 Å². The molecule has 1 amide bonds. The predicted octanol–water partition coefficient (Wildman–Crippen LogP) is 2.74. The number of rotatable bonds is 1. The van der Waals surface area contributed by atoms with Gasteiger partial charge in [0.05, 0.1) is 11.9 Å². The van der Waals surface area contributed by atoms with Crippen LogP contribution in [0.2, 0.25) is 0 Å². The third-order valence-corrected chi connectivity index (χ3v) is 3.63. The Balaban J connectivity index is 0.00000180. The van der Waals surface area contributed by atoms with Crippen LogP contribution in [0.25, 0.3) is 0 Å². The number of likely N-dealkylation sites (tertiary alicyclic amines) is 1. The number of aromatic nitrogens is 1. The second-order valence-corrected chi connectivity index (χ2v) is 5.79. The largest absolute Gasteiger partial charge is 0.397 e. The summed E-state index contributed by atoms with van der Waals surface area (Å²) < 4.78 is 0. The van der Waals surface area contributed by atoms with Gasteiger partial charge in [-0.3, -0.25) is 4.79 Å². The summed E-state index contributed by atoms with van der Waals surface area (Å²) in [6, 6.07) is 3.43. The monoisotopic (exact) mass is 283 g/mol. The van der Waals surface area contributed by atoms with Gasteiger partial charge in [0, 0.05) is 13.1 Å². The Bertz CT molecular complexity index is 431. The van der Waals surface area contributed by atoms with Gasteiger partial charge in [-0.1, -0.05) is 13.8 Å². The van der Waals surface area contributed by atoms with Gasteiger partial charge in [0.1, 0.15) is 5.69 Å². The lowest BCUT2D eigenvalue weighted by Gasteiger charge is -2.23. The molecule has 0 aromatic carbocycles. The van der Waals surface area contributed by atoms with Crippen molar-refractivity contribution in [2.24, 2.45) is 5.41 Å². The van der Waals surface area contributed by atoms with Crippen molar-refractivity contribution in [3.8, 4) is 0 Å². The molecule has 0 atom stereocenters. The first-order valence-electron chi connectivity index (χ1n) is 6.49. The number of pyridine rings is 1. The number of amides is 1. The Hall–Kier alpha value is -1.29. The smallest absolute Gasteiger partial charge is 0.272 e. The molecule has 0 bridgehead atoms. The lowest BCUT2D eigenvalue weighted by atomic mass is 9.85. The zero-order valence-corrected chi connectivity index (χ0v) is 12.4. The number of nitrogens with two attached hydrogens (primary N) is 1. The Morgan fingerprint density at radius 1 is 1.32 bits per heavy atom. The molecule has 0 spiro atoms. The van der Waals surface area contributed by atoms with Crippen LogP contribution in [0, 0.1) is 5.41 Å². The maximum atomic E-state index is 12.3. The summed E-state index contributed by atoms with van der Waals surface area (Å²) in [5.41, 5.74) is 6.99. The molecule has 1 saturated heterocycles. The molecule has 0 radical (unpaired) electrons. The Morgan fingerprint density at radius 3 is 2.68 bits per heavy atom. The first-order valence-corrected chi connectivity index (χ1v) is 6.49. The van der Waals surface area contributed by atoms with Crippen molar-refractivity contribution in [3.63, 3.8) is 0 Å². The van der Waals surface area contributed by atoms with Crippen LogP contribution in [0.5, 0.6) is 0 Å². The highest BCUT2D eigenvalue weighted by Crippen LogP contribution is 2.30. The number of nitrogen functional groups attached to an aromatic ring is 1. The van der Waals surface area contributed by atoms with E-state index in [4.69, 9.17) is 5.73 Å². The fraction of sp³-hybridized carbons (Fsp3) is 0.571. The van der Waals surface area contributed by atoms with E-state index in [-0.39, 0.29) is 18.3 Å². The van der Waals surface area contributed by atoms with Crippen LogP contribution in [0.4, 0.5) is 5.69 Å². The van der Waals surface area contributed by atoms with Gasteiger partial charge in [0.2, 0.25) is 0 Å². The van der Waals surface area contributed by atoms with E-state index in [1.54, 1.807) is 12.1 Å². The van der Waals surface area contributed by atoms with Crippen LogP contribution in [0.3, 0.4) is 0 Å². The third-order valence-electron chi connectivity index (χ3n) is 3.63. The molecular weight excluding hydrogens is 262 g/mol. The van der Waals surface area contributed by atoms with Gasteiger partial charge in [-0.15, -0.1) is 12.4 Å². The number of nitrogens with zero attached hydrogens (tertiary/aromatic N) is 2. The van der Waals surface area contributed by atoms with Crippen molar-refractivity contribution >= 4 is 24.0 Å². The topological polar surface area (TPSA) is 59.2 Å². The van der Waals surface area contributed by atoms with Crippen LogP contribution >= 0.6 is 12.4 Å². The highest BCUT2D eigenvalue weighted by Gasteiger charge is 2.26. The standard InChI is InChI=1S/C14H21N3O.ClH/c1-14(2)6-3-8-17(9-7-14)13(18)12-5-4-11(15)10-16-12;/h4-5,10H,3,6-9,15H2,1-2H3;1H. The maximum Gasteiger partial charge on any atom is 0.272 e. The summed E-state index contributed by atoms with van der Waals surface area (Å²) in [6.45, 7) is 6.18. The second kappa shape index (κ2) is 6.24. The van der Waals surface area contributed by atoms with Crippen molar-refractivity contribution in [2.75, 3.05) is 18.8 Å². The van der Waals surface area contributed by atoms with Crippen LogP contribution in [0.15, 0.2) is 18.3 Å². The van der Waals surface area contributed by atoms with Crippen LogP contribution in [-0.2, 0) is 0 Å². The minimum absolute atomic E-state index is 0. The number of carbonyl (C=O) groups excluding carboxylic acids is 1. The zero-order valence-electron chi connectivity index (χ0n) is 11.6. The summed E-state index contributed by atoms with van der Waals surface area (Å²) >= 11 is 0. The van der Waals surface area contributed by atoms with Crippen LogP contribution < -0.4 is 5.73 Å². The van der Waals surface area contributed by atoms with Crippen molar-refractivity contribution < 1.29 is 4.79 Å². The van der Waals surface area contributed by atoms with Gasteiger partial charge in [-0.05, 0) is 36.8 Å². The SMILES string of the molecule is CC1(C)CCCN(C(=O)c2ccc(N)cn2)CC1.Cl. The van der Waals surface area contributed by atoms with Gasteiger partial charge in [0.15, 0.2) is 0 Å². The lowest BCUT2D eigenvalue weighted by molar-refractivity contribution is 0.0751. The second-order valence-electron chi connectivity index (χ2n) is 5.79. The fourth-order valence-electron chi connectivity index (χ4n) is 2.32. The maximum absolute atomic E-state index is 12.3. The number of hydrogen-bond acceptors (Lipinski definition) is 3.